The number of rotatable bonds is 4. The topological polar surface area (TPSA) is 32.3 Å². The van der Waals surface area contributed by atoms with Gasteiger partial charge in [-0.1, -0.05) is 22.9 Å². The van der Waals surface area contributed by atoms with E-state index in [4.69, 9.17) is 0 Å². The Morgan fingerprint density at radius 2 is 2.05 bits per heavy atom. The van der Waals surface area contributed by atoms with Crippen LogP contribution >= 0.6 is 31.9 Å². The summed E-state index contributed by atoms with van der Waals surface area (Å²) < 4.78 is 1.79. The molecular formula is C15H20Br2N2O. The van der Waals surface area contributed by atoms with Gasteiger partial charge in [-0.2, -0.15) is 0 Å². The molecule has 20 heavy (non-hydrogen) atoms. The summed E-state index contributed by atoms with van der Waals surface area (Å²) in [7, 11) is 0. The molecule has 0 unspecified atom stereocenters. The second-order valence-electron chi connectivity index (χ2n) is 5.21. The van der Waals surface area contributed by atoms with Crippen LogP contribution in [0.2, 0.25) is 0 Å². The molecule has 1 heterocycles. The van der Waals surface area contributed by atoms with Gasteiger partial charge in [0.25, 0.3) is 5.91 Å². The Bertz CT molecular complexity index is 471. The molecular weight excluding hydrogens is 384 g/mol. The number of nitrogens with zero attached hydrogens (tertiary/aromatic N) is 1. The third-order valence-electron chi connectivity index (χ3n) is 3.88. The van der Waals surface area contributed by atoms with Crippen LogP contribution in [0, 0.1) is 5.92 Å². The predicted molar refractivity (Wildman–Crippen MR) is 89.0 cm³/mol. The molecule has 1 aliphatic rings. The number of piperidine rings is 1. The Morgan fingerprint density at radius 3 is 2.65 bits per heavy atom. The van der Waals surface area contributed by atoms with Crippen molar-refractivity contribution in [1.29, 1.82) is 0 Å². The van der Waals surface area contributed by atoms with Crippen LogP contribution in [0.15, 0.2) is 27.1 Å². The van der Waals surface area contributed by atoms with E-state index in [0.29, 0.717) is 11.5 Å². The number of amides is 1. The zero-order valence-corrected chi connectivity index (χ0v) is 14.8. The molecule has 1 amide bonds. The van der Waals surface area contributed by atoms with Crippen molar-refractivity contribution >= 4 is 37.8 Å². The maximum absolute atomic E-state index is 12.2. The van der Waals surface area contributed by atoms with Gasteiger partial charge in [0.1, 0.15) is 0 Å². The maximum atomic E-state index is 12.2. The van der Waals surface area contributed by atoms with Crippen LogP contribution in [0.3, 0.4) is 0 Å². The first kappa shape index (κ1) is 16.0. The number of hydrogen-bond donors (Lipinski definition) is 1. The molecule has 5 heteroatoms. The van der Waals surface area contributed by atoms with Crippen LogP contribution in [0.25, 0.3) is 0 Å². The van der Waals surface area contributed by atoms with Gasteiger partial charge in [-0.05, 0) is 72.5 Å². The van der Waals surface area contributed by atoms with Crippen molar-refractivity contribution in [3.8, 4) is 0 Å². The SMILES string of the molecule is CCN1CCC(CNC(=O)c2ccc(Br)cc2Br)CC1. The molecule has 0 atom stereocenters. The summed E-state index contributed by atoms with van der Waals surface area (Å²) in [5.41, 5.74) is 0.694. The molecule has 0 saturated carbocycles. The minimum absolute atomic E-state index is 0.00213. The van der Waals surface area contributed by atoms with Crippen LogP contribution < -0.4 is 5.32 Å². The van der Waals surface area contributed by atoms with Gasteiger partial charge in [0.05, 0.1) is 5.56 Å². The van der Waals surface area contributed by atoms with Gasteiger partial charge in [-0.15, -0.1) is 0 Å². The number of benzene rings is 1. The molecule has 0 bridgehead atoms. The molecule has 1 aromatic rings. The third kappa shape index (κ3) is 4.30. The number of hydrogen-bond acceptors (Lipinski definition) is 2. The molecule has 110 valence electrons. The lowest BCUT2D eigenvalue weighted by atomic mass is 9.97. The van der Waals surface area contributed by atoms with E-state index in [9.17, 15) is 4.79 Å². The van der Waals surface area contributed by atoms with Crippen molar-refractivity contribution in [3.05, 3.63) is 32.7 Å². The molecule has 1 N–H and O–H groups in total. The molecule has 1 saturated heterocycles. The molecule has 2 rings (SSSR count). The van der Waals surface area contributed by atoms with Crippen molar-refractivity contribution in [1.82, 2.24) is 10.2 Å². The van der Waals surface area contributed by atoms with Gasteiger partial charge in [-0.25, -0.2) is 0 Å². The molecule has 1 aromatic carbocycles. The molecule has 1 fully saturated rings. The van der Waals surface area contributed by atoms with Gasteiger partial charge in [0.2, 0.25) is 0 Å². The van der Waals surface area contributed by atoms with Gasteiger partial charge in [0, 0.05) is 15.5 Å². The van der Waals surface area contributed by atoms with Crippen LogP contribution in [-0.2, 0) is 0 Å². The molecule has 3 nitrogen and oxygen atoms in total. The van der Waals surface area contributed by atoms with E-state index in [-0.39, 0.29) is 5.91 Å². The number of carbonyl (C=O) groups excluding carboxylic acids is 1. The Morgan fingerprint density at radius 1 is 1.35 bits per heavy atom. The first-order valence-corrected chi connectivity index (χ1v) is 8.64. The standard InChI is InChI=1S/C15H20Br2N2O/c1-2-19-7-5-11(6-8-19)10-18-15(20)13-4-3-12(16)9-14(13)17/h3-4,9,11H,2,5-8,10H2,1H3,(H,18,20). The van der Waals surface area contributed by atoms with E-state index in [1.807, 2.05) is 18.2 Å². The first-order chi connectivity index (χ1) is 9.60. The minimum atomic E-state index is 0.00213. The number of carbonyl (C=O) groups is 1. The summed E-state index contributed by atoms with van der Waals surface area (Å²) >= 11 is 6.83. The zero-order valence-electron chi connectivity index (χ0n) is 11.7. The monoisotopic (exact) mass is 402 g/mol. The van der Waals surface area contributed by atoms with Crippen molar-refractivity contribution < 1.29 is 4.79 Å². The Labute approximate surface area is 137 Å². The van der Waals surface area contributed by atoms with E-state index in [1.54, 1.807) is 0 Å². The zero-order chi connectivity index (χ0) is 14.5. The molecule has 0 spiro atoms. The van der Waals surface area contributed by atoms with Gasteiger partial charge in [0.15, 0.2) is 0 Å². The van der Waals surface area contributed by atoms with Crippen LogP contribution in [0.4, 0.5) is 0 Å². The fourth-order valence-electron chi connectivity index (χ4n) is 2.51. The fourth-order valence-corrected chi connectivity index (χ4v) is 3.74. The minimum Gasteiger partial charge on any atom is -0.352 e. The lowest BCUT2D eigenvalue weighted by molar-refractivity contribution is 0.0936. The maximum Gasteiger partial charge on any atom is 0.252 e. The van der Waals surface area contributed by atoms with Crippen molar-refractivity contribution in [3.63, 3.8) is 0 Å². The summed E-state index contributed by atoms with van der Waals surface area (Å²) in [4.78, 5) is 14.6. The first-order valence-electron chi connectivity index (χ1n) is 7.05. The van der Waals surface area contributed by atoms with Crippen molar-refractivity contribution in [2.24, 2.45) is 5.92 Å². The molecule has 0 aliphatic carbocycles. The largest absolute Gasteiger partial charge is 0.352 e. The average Bonchev–Trinajstić information content (AvgIpc) is 2.45. The number of nitrogens with one attached hydrogen (secondary N) is 1. The summed E-state index contributed by atoms with van der Waals surface area (Å²) in [5, 5.41) is 3.06. The van der Waals surface area contributed by atoms with Crippen molar-refractivity contribution in [2.75, 3.05) is 26.2 Å². The fraction of sp³-hybridized carbons (Fsp3) is 0.533. The van der Waals surface area contributed by atoms with Crippen LogP contribution in [0.1, 0.15) is 30.1 Å². The van der Waals surface area contributed by atoms with Gasteiger partial charge < -0.3 is 10.2 Å². The molecule has 0 aromatic heterocycles. The summed E-state index contributed by atoms with van der Waals surface area (Å²) in [5.74, 6) is 0.610. The van der Waals surface area contributed by atoms with E-state index in [1.165, 1.54) is 12.8 Å². The van der Waals surface area contributed by atoms with E-state index in [0.717, 1.165) is 35.1 Å². The highest BCUT2D eigenvalue weighted by molar-refractivity contribution is 9.11. The highest BCUT2D eigenvalue weighted by Gasteiger charge is 2.19. The van der Waals surface area contributed by atoms with Crippen LogP contribution in [-0.4, -0.2) is 37.0 Å². The smallest absolute Gasteiger partial charge is 0.252 e. The second-order valence-corrected chi connectivity index (χ2v) is 6.98. The highest BCUT2D eigenvalue weighted by Crippen LogP contribution is 2.22. The number of halogens is 2. The summed E-state index contributed by atoms with van der Waals surface area (Å²) in [6.07, 6.45) is 2.35. The Hall–Kier alpha value is -0.390. The molecule has 0 radical (unpaired) electrons. The van der Waals surface area contributed by atoms with E-state index >= 15 is 0 Å². The normalized spacial score (nSPS) is 17.1. The third-order valence-corrected chi connectivity index (χ3v) is 5.03. The van der Waals surface area contributed by atoms with E-state index < -0.39 is 0 Å². The average molecular weight is 404 g/mol. The van der Waals surface area contributed by atoms with Crippen LogP contribution in [0.5, 0.6) is 0 Å². The summed E-state index contributed by atoms with van der Waals surface area (Å²) in [6, 6.07) is 5.62. The van der Waals surface area contributed by atoms with Crippen molar-refractivity contribution in [2.45, 2.75) is 19.8 Å². The molecule has 1 aliphatic heterocycles. The second kappa shape index (κ2) is 7.57. The predicted octanol–water partition coefficient (Wildman–Crippen LogP) is 3.67. The van der Waals surface area contributed by atoms with Gasteiger partial charge >= 0.3 is 0 Å². The quantitative estimate of drug-likeness (QED) is 0.831. The lowest BCUT2D eigenvalue weighted by Crippen LogP contribution is -2.38. The highest BCUT2D eigenvalue weighted by atomic mass is 79.9. The van der Waals surface area contributed by atoms with E-state index in [2.05, 4.69) is 49.0 Å². The Kier molecular flexibility index (Phi) is 6.05. The number of likely N-dealkylation sites (tertiary alicyclic amines) is 1. The Balaban J connectivity index is 1.83. The summed E-state index contributed by atoms with van der Waals surface area (Å²) in [6.45, 7) is 6.41. The lowest BCUT2D eigenvalue weighted by Gasteiger charge is -2.31. The van der Waals surface area contributed by atoms with Gasteiger partial charge in [-0.3, -0.25) is 4.79 Å².